The molecule has 0 spiro atoms. The summed E-state index contributed by atoms with van der Waals surface area (Å²) < 4.78 is 58.0. The number of thiophene rings is 1. The van der Waals surface area contributed by atoms with Gasteiger partial charge in [0.1, 0.15) is 17.6 Å². The molecule has 0 radical (unpaired) electrons. The number of nitrogens with zero attached hydrogens (tertiary/aromatic N) is 2. The van der Waals surface area contributed by atoms with Crippen LogP contribution in [0.15, 0.2) is 65.6 Å². The lowest BCUT2D eigenvalue weighted by molar-refractivity contribution is -0.181. The Bertz CT molecular complexity index is 2630. The Morgan fingerprint density at radius 3 is 2.47 bits per heavy atom. The largest absolute Gasteiger partial charge is 0.497 e. The highest BCUT2D eigenvalue weighted by atomic mass is 32.2. The van der Waals surface area contributed by atoms with Crippen LogP contribution in [0, 0.1) is 17.3 Å². The number of rotatable bonds is 17. The van der Waals surface area contributed by atoms with Crippen molar-refractivity contribution in [2.75, 3.05) is 57.3 Å². The second-order valence-corrected chi connectivity index (χ2v) is 22.6. The highest BCUT2D eigenvalue weighted by molar-refractivity contribution is 7.89. The SMILES string of the molecule is COc1ccc(S(=O)(=O)N(CC(C)C)C[C@@H](O)[C@H](Cc2ccc(NCc3cc4c(cc3-c3sc5c(c3C(=O)O)CC(C)(C)CC5)OCC(=O)N4C)cc2)NC(=O)O[C@H]2CO[C@@]3(C)OCC[C@@H]23)cc1. The molecule has 366 valence electrons. The fourth-order valence-electron chi connectivity index (χ4n) is 9.69. The van der Waals surface area contributed by atoms with Gasteiger partial charge in [-0.3, -0.25) is 4.79 Å². The van der Waals surface area contributed by atoms with E-state index >= 15 is 0 Å². The molecule has 4 aliphatic rings. The number of carboxylic acid groups (broad SMARTS) is 1. The van der Waals surface area contributed by atoms with E-state index in [0.29, 0.717) is 47.1 Å². The van der Waals surface area contributed by atoms with Gasteiger partial charge in [-0.15, -0.1) is 11.3 Å². The summed E-state index contributed by atoms with van der Waals surface area (Å²) >= 11 is 1.51. The normalized spacial score (nSPS) is 21.7. The molecule has 2 fully saturated rings. The molecule has 16 nitrogen and oxygen atoms in total. The zero-order valence-corrected chi connectivity index (χ0v) is 41.3. The molecule has 4 heterocycles. The Morgan fingerprint density at radius 1 is 1.04 bits per heavy atom. The zero-order chi connectivity index (χ0) is 48.7. The van der Waals surface area contributed by atoms with Gasteiger partial charge in [-0.1, -0.05) is 39.8 Å². The number of hydrogen-bond acceptors (Lipinski definition) is 13. The van der Waals surface area contributed by atoms with Crippen LogP contribution in [0.1, 0.15) is 79.4 Å². The van der Waals surface area contributed by atoms with E-state index in [1.807, 2.05) is 57.2 Å². The molecule has 2 saturated heterocycles. The van der Waals surface area contributed by atoms with E-state index in [1.54, 1.807) is 24.1 Å². The fraction of sp³-hybridized carbons (Fsp3) is 0.500. The predicted molar refractivity (Wildman–Crippen MR) is 257 cm³/mol. The number of alkyl carbamates (subject to hydrolysis) is 1. The van der Waals surface area contributed by atoms with Crippen LogP contribution in [0.4, 0.5) is 16.2 Å². The van der Waals surface area contributed by atoms with E-state index < -0.39 is 46.1 Å². The van der Waals surface area contributed by atoms with Gasteiger partial charge in [0.15, 0.2) is 12.4 Å². The van der Waals surface area contributed by atoms with E-state index in [-0.39, 0.29) is 67.3 Å². The van der Waals surface area contributed by atoms with E-state index in [2.05, 4.69) is 24.5 Å². The standard InChI is InChI=1S/C50H62N4O12S2/c1-29(2)25-54(68(60,61)34-14-12-33(62-7)13-15-34)26-40(55)38(52-48(59)66-42-27-65-50(5)37(42)17-19-64-50)20-30-8-10-32(11-9-30)51-24-31-21-39-41(63-28-44(56)53(39)6)22-35(31)46-45(47(57)58)36-23-49(3,4)18-16-43(36)67-46/h8-15,21-22,29,37-38,40,42,51,55H,16-20,23-28H2,1-7H3,(H,52,59)(H,57,58)/t37-,38-,40+,42-,50+/m0/s1. The number of aromatic carboxylic acids is 1. The number of fused-ring (bicyclic) bond motifs is 3. The van der Waals surface area contributed by atoms with Gasteiger partial charge < -0.3 is 49.4 Å². The minimum Gasteiger partial charge on any atom is -0.497 e. The molecule has 1 aromatic heterocycles. The second-order valence-electron chi connectivity index (χ2n) is 19.6. The van der Waals surface area contributed by atoms with Gasteiger partial charge in [0.25, 0.3) is 5.91 Å². The first kappa shape index (κ1) is 49.2. The average Bonchev–Trinajstić information content (AvgIpc) is 3.96. The van der Waals surface area contributed by atoms with Crippen LogP contribution in [0.25, 0.3) is 10.4 Å². The number of aliphatic hydroxyl groups excluding tert-OH is 1. The van der Waals surface area contributed by atoms with Crippen molar-refractivity contribution in [3.63, 3.8) is 0 Å². The second kappa shape index (κ2) is 19.6. The molecule has 8 rings (SSSR count). The molecular weight excluding hydrogens is 913 g/mol. The maximum Gasteiger partial charge on any atom is 0.407 e. The highest BCUT2D eigenvalue weighted by Gasteiger charge is 2.53. The van der Waals surface area contributed by atoms with E-state index in [9.17, 15) is 33.0 Å². The lowest BCUT2D eigenvalue weighted by atomic mass is 9.76. The number of carbonyl (C=O) groups is 3. The van der Waals surface area contributed by atoms with Crippen LogP contribution >= 0.6 is 11.3 Å². The lowest BCUT2D eigenvalue weighted by Gasteiger charge is -2.31. The maximum atomic E-state index is 14.1. The first-order chi connectivity index (χ1) is 32.2. The molecule has 3 aromatic carbocycles. The van der Waals surface area contributed by atoms with Gasteiger partial charge in [-0.2, -0.15) is 4.31 Å². The smallest absolute Gasteiger partial charge is 0.407 e. The third-order valence-electron chi connectivity index (χ3n) is 13.6. The summed E-state index contributed by atoms with van der Waals surface area (Å²) in [4.78, 5) is 42.7. The quantitative estimate of drug-likeness (QED) is 0.0836. The number of aliphatic hydroxyl groups is 1. The van der Waals surface area contributed by atoms with Crippen LogP contribution in [0.5, 0.6) is 11.5 Å². The van der Waals surface area contributed by atoms with Crippen LogP contribution in [-0.2, 0) is 54.8 Å². The van der Waals surface area contributed by atoms with Gasteiger partial charge in [0.2, 0.25) is 10.0 Å². The molecule has 3 aliphatic heterocycles. The number of sulfonamides is 1. The molecule has 5 atom stereocenters. The number of methoxy groups -OCH3 is 1. The molecule has 4 aromatic rings. The average molecular weight is 975 g/mol. The van der Waals surface area contributed by atoms with E-state index in [1.165, 1.54) is 34.9 Å². The summed E-state index contributed by atoms with van der Waals surface area (Å²) in [7, 11) is -0.898. The number of ether oxygens (including phenoxy) is 5. The van der Waals surface area contributed by atoms with Crippen LogP contribution in [0.3, 0.4) is 0 Å². The number of anilines is 2. The summed E-state index contributed by atoms with van der Waals surface area (Å²) in [5.74, 6) is -1.28. The number of hydrogen-bond donors (Lipinski definition) is 4. The minimum atomic E-state index is -4.09. The van der Waals surface area contributed by atoms with Crippen molar-refractivity contribution in [3.8, 4) is 21.9 Å². The van der Waals surface area contributed by atoms with Crippen molar-refractivity contribution in [1.82, 2.24) is 9.62 Å². The molecule has 2 amide bonds. The fourth-order valence-corrected chi connectivity index (χ4v) is 12.7. The first-order valence-electron chi connectivity index (χ1n) is 23.1. The molecule has 0 bridgehead atoms. The number of likely N-dealkylation sites (N-methyl/N-ethyl adjacent to an activating group) is 1. The first-order valence-corrected chi connectivity index (χ1v) is 25.4. The molecule has 4 N–H and O–H groups in total. The third-order valence-corrected chi connectivity index (χ3v) is 16.7. The number of benzene rings is 3. The zero-order valence-electron chi connectivity index (χ0n) is 39.6. The predicted octanol–water partition coefficient (Wildman–Crippen LogP) is 7.10. The summed E-state index contributed by atoms with van der Waals surface area (Å²) in [5, 5.41) is 28.9. The van der Waals surface area contributed by atoms with Crippen molar-refractivity contribution in [1.29, 1.82) is 0 Å². The number of amides is 2. The Kier molecular flexibility index (Phi) is 14.2. The summed E-state index contributed by atoms with van der Waals surface area (Å²) in [6.07, 6.45) is 0.479. The van der Waals surface area contributed by atoms with Gasteiger partial charge >= 0.3 is 12.1 Å². The molecule has 68 heavy (non-hydrogen) atoms. The minimum absolute atomic E-state index is 0.0310. The molecular formula is C50H62N4O12S2. The monoisotopic (exact) mass is 974 g/mol. The Morgan fingerprint density at radius 2 is 1.78 bits per heavy atom. The van der Waals surface area contributed by atoms with Crippen molar-refractivity contribution < 1.29 is 56.7 Å². The van der Waals surface area contributed by atoms with Crippen molar-refractivity contribution in [3.05, 3.63) is 87.8 Å². The van der Waals surface area contributed by atoms with Crippen molar-refractivity contribution in [2.45, 2.75) is 102 Å². The molecule has 18 heteroatoms. The van der Waals surface area contributed by atoms with E-state index in [0.717, 1.165) is 45.7 Å². The van der Waals surface area contributed by atoms with Crippen LogP contribution < -0.4 is 25.0 Å². The van der Waals surface area contributed by atoms with Gasteiger partial charge in [-0.25, -0.2) is 18.0 Å². The van der Waals surface area contributed by atoms with E-state index in [4.69, 9.17) is 23.7 Å². The Labute approximate surface area is 401 Å². The molecule has 0 saturated carbocycles. The summed E-state index contributed by atoms with van der Waals surface area (Å²) in [6, 6.07) is 16.2. The van der Waals surface area contributed by atoms with Crippen LogP contribution in [0.2, 0.25) is 0 Å². The molecule has 1 aliphatic carbocycles. The van der Waals surface area contributed by atoms with Gasteiger partial charge in [0.05, 0.1) is 54.5 Å². The number of carboxylic acids is 1. The molecule has 0 unspecified atom stereocenters. The Hall–Kier alpha value is -5.24. The third kappa shape index (κ3) is 10.4. The van der Waals surface area contributed by atoms with Gasteiger partial charge in [0, 0.05) is 47.7 Å². The lowest BCUT2D eigenvalue weighted by Crippen LogP contribution is -2.51. The van der Waals surface area contributed by atoms with Crippen LogP contribution in [-0.4, -0.2) is 112 Å². The van der Waals surface area contributed by atoms with Crippen molar-refractivity contribution >= 4 is 50.7 Å². The number of aryl methyl sites for hydroxylation is 1. The maximum absolute atomic E-state index is 14.1. The van der Waals surface area contributed by atoms with Gasteiger partial charge in [-0.05, 0) is 116 Å². The van der Waals surface area contributed by atoms with Crippen molar-refractivity contribution in [2.24, 2.45) is 17.3 Å². The topological polar surface area (TPSA) is 202 Å². The highest BCUT2D eigenvalue weighted by Crippen LogP contribution is 2.48. The summed E-state index contributed by atoms with van der Waals surface area (Å²) in [5.41, 5.74) is 4.70. The number of nitrogens with one attached hydrogen (secondary N) is 2. The summed E-state index contributed by atoms with van der Waals surface area (Å²) in [6.45, 7) is 10.5. The Balaban J connectivity index is 1.04. The number of carbonyl (C=O) groups excluding carboxylic acids is 2.